The number of hydrogen-bond donors (Lipinski definition) is 2. The molecular weight excluding hydrogens is 256 g/mol. The number of nitrogens with one attached hydrogen (secondary N) is 1. The molecule has 8 nitrogen and oxygen atoms in total. The summed E-state index contributed by atoms with van der Waals surface area (Å²) in [6, 6.07) is 1.15. The van der Waals surface area contributed by atoms with Gasteiger partial charge in [0.1, 0.15) is 11.9 Å². The molecule has 0 aliphatic carbocycles. The van der Waals surface area contributed by atoms with Crippen LogP contribution >= 0.6 is 0 Å². The van der Waals surface area contributed by atoms with Crippen LogP contribution in [0.15, 0.2) is 24.9 Å². The van der Waals surface area contributed by atoms with Crippen LogP contribution in [0.1, 0.15) is 12.5 Å². The van der Waals surface area contributed by atoms with E-state index in [9.17, 15) is 19.2 Å². The lowest BCUT2D eigenvalue weighted by molar-refractivity contribution is -0.137. The highest BCUT2D eigenvalue weighted by Gasteiger charge is 2.15. The molecule has 2 rings (SSSR count). The molecule has 0 spiro atoms. The van der Waals surface area contributed by atoms with Gasteiger partial charge in [-0.3, -0.25) is 14.6 Å². The van der Waals surface area contributed by atoms with Crippen LogP contribution in [0.5, 0.6) is 0 Å². The maximum Gasteiger partial charge on any atom is 0.337 e. The van der Waals surface area contributed by atoms with Crippen LogP contribution in [0.3, 0.4) is 0 Å². The van der Waals surface area contributed by atoms with Crippen molar-refractivity contribution in [2.75, 3.05) is 0 Å². The predicted molar refractivity (Wildman–Crippen MR) is 64.4 cm³/mol. The number of nitrogens with zero attached hydrogens (tertiary/aromatic N) is 1. The SMILES string of the molecule is CCc1cc(=O)oc2[nH]c(=O)n(CC(=O)O)c(=O)c12. The molecule has 2 aromatic rings. The number of fused-ring (bicyclic) bond motifs is 1. The zero-order valence-electron chi connectivity index (χ0n) is 9.93. The smallest absolute Gasteiger partial charge is 0.337 e. The van der Waals surface area contributed by atoms with Crippen molar-refractivity contribution in [3.8, 4) is 0 Å². The van der Waals surface area contributed by atoms with Gasteiger partial charge in [-0.2, -0.15) is 0 Å². The first kappa shape index (κ1) is 12.8. The van der Waals surface area contributed by atoms with Crippen molar-refractivity contribution in [3.63, 3.8) is 0 Å². The second-order valence-corrected chi connectivity index (χ2v) is 3.86. The van der Waals surface area contributed by atoms with Crippen molar-refractivity contribution in [2.45, 2.75) is 19.9 Å². The fourth-order valence-corrected chi connectivity index (χ4v) is 1.81. The number of carboxylic acid groups (broad SMARTS) is 1. The largest absolute Gasteiger partial charge is 0.480 e. The Morgan fingerprint density at radius 1 is 1.42 bits per heavy atom. The summed E-state index contributed by atoms with van der Waals surface area (Å²) in [7, 11) is 0. The first-order valence-electron chi connectivity index (χ1n) is 5.45. The van der Waals surface area contributed by atoms with Crippen molar-refractivity contribution in [1.82, 2.24) is 9.55 Å². The second-order valence-electron chi connectivity index (χ2n) is 3.86. The number of rotatable bonds is 3. The van der Waals surface area contributed by atoms with Crippen LogP contribution in [-0.2, 0) is 17.8 Å². The van der Waals surface area contributed by atoms with Crippen molar-refractivity contribution < 1.29 is 14.3 Å². The zero-order chi connectivity index (χ0) is 14.2. The fourth-order valence-electron chi connectivity index (χ4n) is 1.81. The Morgan fingerprint density at radius 3 is 2.68 bits per heavy atom. The van der Waals surface area contributed by atoms with E-state index in [1.807, 2.05) is 0 Å². The Labute approximate surface area is 104 Å². The van der Waals surface area contributed by atoms with Gasteiger partial charge in [-0.1, -0.05) is 6.92 Å². The number of carboxylic acids is 1. The van der Waals surface area contributed by atoms with Gasteiger partial charge in [0, 0.05) is 6.07 Å². The van der Waals surface area contributed by atoms with E-state index >= 15 is 0 Å². The van der Waals surface area contributed by atoms with Crippen molar-refractivity contribution in [1.29, 1.82) is 0 Å². The number of H-pyrrole nitrogens is 1. The lowest BCUT2D eigenvalue weighted by Gasteiger charge is -2.05. The second kappa shape index (κ2) is 4.56. The Balaban J connectivity index is 2.94. The number of hydrogen-bond acceptors (Lipinski definition) is 5. The third-order valence-electron chi connectivity index (χ3n) is 2.64. The Morgan fingerprint density at radius 2 is 2.11 bits per heavy atom. The number of aromatic amines is 1. The molecule has 100 valence electrons. The van der Waals surface area contributed by atoms with E-state index in [0.717, 1.165) is 6.07 Å². The number of aryl methyl sites for hydroxylation is 1. The molecule has 0 unspecified atom stereocenters. The summed E-state index contributed by atoms with van der Waals surface area (Å²) in [6.07, 6.45) is 0.371. The lowest BCUT2D eigenvalue weighted by atomic mass is 10.1. The number of aromatic nitrogens is 2. The van der Waals surface area contributed by atoms with Gasteiger partial charge in [-0.05, 0) is 12.0 Å². The van der Waals surface area contributed by atoms with Crippen LogP contribution in [0.4, 0.5) is 0 Å². The first-order valence-corrected chi connectivity index (χ1v) is 5.45. The van der Waals surface area contributed by atoms with Gasteiger partial charge in [0.15, 0.2) is 0 Å². The van der Waals surface area contributed by atoms with Crippen LogP contribution in [0.2, 0.25) is 0 Å². The molecule has 0 amide bonds. The van der Waals surface area contributed by atoms with Gasteiger partial charge in [0.2, 0.25) is 5.71 Å². The van der Waals surface area contributed by atoms with Crippen LogP contribution in [0, 0.1) is 0 Å². The maximum atomic E-state index is 12.1. The van der Waals surface area contributed by atoms with Crippen molar-refractivity contribution >= 4 is 17.1 Å². The van der Waals surface area contributed by atoms with E-state index in [-0.39, 0.29) is 11.1 Å². The molecule has 0 aliphatic heterocycles. The topological polar surface area (TPSA) is 122 Å². The van der Waals surface area contributed by atoms with E-state index in [2.05, 4.69) is 4.98 Å². The molecular formula is C11H10N2O6. The fraction of sp³-hybridized carbons (Fsp3) is 0.273. The minimum absolute atomic E-state index is 0.0166. The van der Waals surface area contributed by atoms with E-state index in [4.69, 9.17) is 9.52 Å². The van der Waals surface area contributed by atoms with E-state index < -0.39 is 29.4 Å². The molecule has 0 aromatic carbocycles. The lowest BCUT2D eigenvalue weighted by Crippen LogP contribution is -2.37. The Bertz CT molecular complexity index is 826. The predicted octanol–water partition coefficient (Wildman–Crippen LogP) is -0.710. The molecule has 0 fully saturated rings. The standard InChI is InChI=1S/C11H10N2O6/c1-2-5-3-7(16)19-9-8(5)10(17)13(4-6(14)15)11(18)12-9/h3H,2,4H2,1H3,(H,12,18)(H,14,15). The normalized spacial score (nSPS) is 10.8. The molecule has 2 heterocycles. The highest BCUT2D eigenvalue weighted by atomic mass is 16.4. The average Bonchev–Trinajstić information content (AvgIpc) is 2.32. The minimum atomic E-state index is -1.32. The van der Waals surface area contributed by atoms with Crippen molar-refractivity contribution in [3.05, 3.63) is 42.9 Å². The van der Waals surface area contributed by atoms with E-state index in [0.29, 0.717) is 16.6 Å². The molecule has 0 bridgehead atoms. The summed E-state index contributed by atoms with van der Waals surface area (Å²) in [5, 5.41) is 8.69. The molecule has 0 saturated carbocycles. The van der Waals surface area contributed by atoms with Crippen LogP contribution < -0.4 is 16.9 Å². The quantitative estimate of drug-likeness (QED) is 0.756. The molecule has 0 aliphatic rings. The third-order valence-corrected chi connectivity index (χ3v) is 2.64. The molecule has 8 heteroatoms. The Kier molecular flexibility index (Phi) is 3.07. The van der Waals surface area contributed by atoms with E-state index in [1.165, 1.54) is 0 Å². The van der Waals surface area contributed by atoms with Crippen LogP contribution in [-0.4, -0.2) is 20.6 Å². The highest BCUT2D eigenvalue weighted by Crippen LogP contribution is 2.09. The van der Waals surface area contributed by atoms with Gasteiger partial charge in [-0.15, -0.1) is 0 Å². The molecule has 2 N–H and O–H groups in total. The van der Waals surface area contributed by atoms with Crippen molar-refractivity contribution in [2.24, 2.45) is 0 Å². The minimum Gasteiger partial charge on any atom is -0.480 e. The highest BCUT2D eigenvalue weighted by molar-refractivity contribution is 5.76. The van der Waals surface area contributed by atoms with Crippen LogP contribution in [0.25, 0.3) is 11.1 Å². The summed E-state index contributed by atoms with van der Waals surface area (Å²) in [6.45, 7) is 0.965. The summed E-state index contributed by atoms with van der Waals surface area (Å²) in [5.41, 5.74) is -2.25. The monoisotopic (exact) mass is 266 g/mol. The summed E-state index contributed by atoms with van der Waals surface area (Å²) < 4.78 is 5.30. The molecule has 0 radical (unpaired) electrons. The molecule has 0 saturated heterocycles. The van der Waals surface area contributed by atoms with Gasteiger partial charge in [0.05, 0.1) is 0 Å². The molecule has 2 aromatic heterocycles. The maximum absolute atomic E-state index is 12.1. The van der Waals surface area contributed by atoms with E-state index in [1.54, 1.807) is 6.92 Å². The summed E-state index contributed by atoms with van der Waals surface area (Å²) >= 11 is 0. The van der Waals surface area contributed by atoms with Gasteiger partial charge >= 0.3 is 17.3 Å². The van der Waals surface area contributed by atoms with Gasteiger partial charge in [-0.25, -0.2) is 14.2 Å². The first-order chi connectivity index (χ1) is 8.93. The van der Waals surface area contributed by atoms with Gasteiger partial charge in [0.25, 0.3) is 5.56 Å². The van der Waals surface area contributed by atoms with Gasteiger partial charge < -0.3 is 9.52 Å². The third kappa shape index (κ3) is 2.19. The Hall–Kier alpha value is -2.64. The summed E-state index contributed by atoms with van der Waals surface area (Å²) in [5.74, 6) is -1.32. The number of carbonyl (C=O) groups is 1. The molecule has 0 atom stereocenters. The molecule has 19 heavy (non-hydrogen) atoms. The zero-order valence-corrected chi connectivity index (χ0v) is 9.93. The summed E-state index contributed by atoms with van der Waals surface area (Å²) in [4.78, 5) is 47.8. The average molecular weight is 266 g/mol. The number of aliphatic carboxylic acids is 1.